The van der Waals surface area contributed by atoms with E-state index in [0.29, 0.717) is 11.1 Å². The van der Waals surface area contributed by atoms with Gasteiger partial charge >= 0.3 is 41.8 Å². The van der Waals surface area contributed by atoms with Crippen molar-refractivity contribution in [3.63, 3.8) is 0 Å². The van der Waals surface area contributed by atoms with Crippen LogP contribution in [0.25, 0.3) is 6.08 Å². The van der Waals surface area contributed by atoms with Crippen LogP contribution in [0.3, 0.4) is 0 Å². The van der Waals surface area contributed by atoms with Crippen LogP contribution < -0.4 is 87.4 Å². The van der Waals surface area contributed by atoms with Gasteiger partial charge in [0.2, 0.25) is 0 Å². The molecule has 1 saturated heterocycles. The number of benzene rings is 17. The van der Waals surface area contributed by atoms with Gasteiger partial charge in [-0.15, -0.1) is 0 Å². The smallest absolute Gasteiger partial charge is 0.381 e. The molecule has 0 saturated carbocycles. The molecule has 0 radical (unpaired) electrons. The summed E-state index contributed by atoms with van der Waals surface area (Å²) in [7, 11) is -5.58. The third-order valence-electron chi connectivity index (χ3n) is 23.9. The SMILES string of the molecule is C1CCOC1.O=S(=O)(OC1C=Cc2ccccc21)C(F)(F)F.[Zr+4].c1ccc([B-](c2ccccc2)(c2ccccc2)c2ccccc2)cc1.c1ccc([B-](c2ccccc2)(c2ccccc2)c2ccccc2)cc1.c1ccc([B-](c2ccccc2)(c2ccccc2)c2ccccc2)cc1.c1ccc([B-](c2ccccc2)(c2ccccc2)c2ccccc2)cc1. The second kappa shape index (κ2) is 43.2. The molecular formula is C110H95B4F3O4SZr. The zero-order valence-electron chi connectivity index (χ0n) is 68.5. The fourth-order valence-corrected chi connectivity index (χ4v) is 19.0. The predicted octanol–water partition coefficient (Wildman–Crippen LogP) is 15.7. The fraction of sp³-hybridized carbons (Fsp3) is 0.0545. The molecule has 13 heteroatoms. The van der Waals surface area contributed by atoms with Crippen molar-refractivity contribution in [1.29, 1.82) is 0 Å². The largest absolute Gasteiger partial charge is 4.00 e. The number of hydrogen-bond donors (Lipinski definition) is 0. The Labute approximate surface area is 743 Å². The van der Waals surface area contributed by atoms with E-state index in [-0.39, 0.29) is 26.2 Å². The standard InChI is InChI=1S/4C24H20B.C10H7F3O3S.C4H8O.Zr/c4*1-5-13-21(14-6-1)25(22-15-7-2-8-16-22,23-17-9-3-10-18-23)24-19-11-4-12-20-24;11-10(12,13)17(14,15)16-9-6-5-7-3-1-2-4-8(7)9;1-2-4-5-3-1;/h4*1-20H;1-6,9H;1-4H2;/q4*-1;;;+4. The maximum atomic E-state index is 12.1. The van der Waals surface area contributed by atoms with Crippen LogP contribution in [-0.4, -0.2) is 51.7 Å². The number of halogens is 3. The normalized spacial score (nSPS) is 12.8. The first-order valence-corrected chi connectivity index (χ1v) is 43.3. The molecule has 0 bridgehead atoms. The predicted molar refractivity (Wildman–Crippen MR) is 515 cm³/mol. The Hall–Kier alpha value is -12.7. The maximum Gasteiger partial charge on any atom is 4.00 e. The molecular weight excluding hydrogens is 1610 g/mol. The Morgan fingerprint density at radius 1 is 0.236 bits per heavy atom. The van der Waals surface area contributed by atoms with Gasteiger partial charge in [-0.2, -0.15) is 109 Å². The molecule has 17 aromatic carbocycles. The molecule has 1 heterocycles. The summed E-state index contributed by atoms with van der Waals surface area (Å²) in [6, 6.07) is 181. The molecule has 0 amide bonds. The van der Waals surface area contributed by atoms with Crippen LogP contribution in [-0.2, 0) is 45.2 Å². The van der Waals surface area contributed by atoms with Crippen LogP contribution in [0.1, 0.15) is 30.1 Å². The van der Waals surface area contributed by atoms with Gasteiger partial charge in [-0.1, -0.05) is 516 Å². The van der Waals surface area contributed by atoms with Crippen LogP contribution in [0, 0.1) is 0 Å². The van der Waals surface area contributed by atoms with E-state index in [4.69, 9.17) is 4.74 Å². The number of rotatable bonds is 18. The summed E-state index contributed by atoms with van der Waals surface area (Å²) < 4.78 is 67.1. The first-order chi connectivity index (χ1) is 60.0. The van der Waals surface area contributed by atoms with Gasteiger partial charge in [0.25, 0.3) is 0 Å². The van der Waals surface area contributed by atoms with Crippen LogP contribution in [0.15, 0.2) is 516 Å². The molecule has 1 fully saturated rings. The average molecular weight is 1700 g/mol. The quantitative estimate of drug-likeness (QED) is 0.0488. The van der Waals surface area contributed by atoms with Crippen molar-refractivity contribution < 1.29 is 56.7 Å². The summed E-state index contributed by atoms with van der Waals surface area (Å²) in [4.78, 5) is 0. The van der Waals surface area contributed by atoms with E-state index in [1.165, 1.54) is 118 Å². The van der Waals surface area contributed by atoms with Gasteiger partial charge in [-0.3, -0.25) is 4.18 Å². The molecule has 4 nitrogen and oxygen atoms in total. The molecule has 0 aromatic heterocycles. The van der Waals surface area contributed by atoms with Gasteiger partial charge in [0.15, 0.2) is 0 Å². The van der Waals surface area contributed by atoms with E-state index in [1.54, 1.807) is 18.2 Å². The minimum absolute atomic E-state index is 0. The molecule has 123 heavy (non-hydrogen) atoms. The van der Waals surface area contributed by atoms with Crippen LogP contribution in [0.4, 0.5) is 13.2 Å². The Morgan fingerprint density at radius 3 is 0.520 bits per heavy atom. The second-order valence-corrected chi connectivity index (χ2v) is 32.3. The molecule has 17 aromatic rings. The molecule has 19 rings (SSSR count). The van der Waals surface area contributed by atoms with Crippen LogP contribution in [0.5, 0.6) is 0 Å². The first kappa shape index (κ1) is 88.1. The van der Waals surface area contributed by atoms with Crippen molar-refractivity contribution in [1.82, 2.24) is 0 Å². The number of fused-ring (bicyclic) bond motifs is 1. The van der Waals surface area contributed by atoms with Crippen molar-refractivity contribution >= 4 is 128 Å². The molecule has 1 atom stereocenters. The van der Waals surface area contributed by atoms with Gasteiger partial charge in [0.1, 0.15) is 30.7 Å². The van der Waals surface area contributed by atoms with Gasteiger partial charge < -0.3 is 4.74 Å². The van der Waals surface area contributed by atoms with Crippen molar-refractivity contribution in [2.75, 3.05) is 13.2 Å². The van der Waals surface area contributed by atoms with Crippen molar-refractivity contribution in [2.24, 2.45) is 0 Å². The zero-order valence-corrected chi connectivity index (χ0v) is 71.8. The molecule has 0 spiro atoms. The first-order valence-electron chi connectivity index (χ1n) is 41.8. The summed E-state index contributed by atoms with van der Waals surface area (Å²) in [5, 5.41) is 0. The molecule has 1 aliphatic carbocycles. The molecule has 602 valence electrons. The van der Waals surface area contributed by atoms with E-state index < -0.39 is 46.3 Å². The van der Waals surface area contributed by atoms with E-state index in [2.05, 4.69) is 489 Å². The Morgan fingerprint density at radius 2 is 0.382 bits per heavy atom. The molecule has 1 aliphatic heterocycles. The maximum absolute atomic E-state index is 12.1. The van der Waals surface area contributed by atoms with Gasteiger partial charge in [0, 0.05) is 13.2 Å². The van der Waals surface area contributed by atoms with Gasteiger partial charge in [-0.05, 0) is 30.0 Å². The average Bonchev–Trinajstić information content (AvgIpc) is 1.74. The van der Waals surface area contributed by atoms with Crippen LogP contribution >= 0.6 is 0 Å². The zero-order chi connectivity index (χ0) is 84.0. The summed E-state index contributed by atoms with van der Waals surface area (Å²) >= 11 is 0. The van der Waals surface area contributed by atoms with Gasteiger partial charge in [0.05, 0.1) is 0 Å². The van der Waals surface area contributed by atoms with E-state index >= 15 is 0 Å². The minimum atomic E-state index is -5.58. The van der Waals surface area contributed by atoms with Crippen molar-refractivity contribution in [3.05, 3.63) is 527 Å². The summed E-state index contributed by atoms with van der Waals surface area (Å²) in [6.07, 6.45) is -0.725. The second-order valence-electron chi connectivity index (χ2n) is 30.8. The van der Waals surface area contributed by atoms with E-state index in [1.807, 2.05) is 0 Å². The summed E-state index contributed by atoms with van der Waals surface area (Å²) in [5.41, 5.74) is 17.1. The molecule has 2 aliphatic rings. The van der Waals surface area contributed by atoms with E-state index in [9.17, 15) is 21.6 Å². The molecule has 0 N–H and O–H groups in total. The Balaban J connectivity index is 0.000000131. The van der Waals surface area contributed by atoms with Crippen LogP contribution in [0.2, 0.25) is 0 Å². The summed E-state index contributed by atoms with van der Waals surface area (Å²) in [5.74, 6) is 0. The topological polar surface area (TPSA) is 52.6 Å². The monoisotopic (exact) mass is 1700 g/mol. The van der Waals surface area contributed by atoms with Gasteiger partial charge in [-0.25, -0.2) is 0 Å². The van der Waals surface area contributed by atoms with Crippen molar-refractivity contribution in [2.45, 2.75) is 24.5 Å². The number of ether oxygens (including phenoxy) is 1. The third-order valence-corrected chi connectivity index (χ3v) is 24.9. The molecule has 1 unspecified atom stereocenters. The van der Waals surface area contributed by atoms with E-state index in [0.717, 1.165) is 13.2 Å². The Kier molecular flexibility index (Phi) is 30.9. The fourth-order valence-electron chi connectivity index (χ4n) is 18.5. The summed E-state index contributed by atoms with van der Waals surface area (Å²) in [6.45, 7) is 2.00. The third kappa shape index (κ3) is 20.1. The number of alkyl halides is 3. The minimum Gasteiger partial charge on any atom is -0.381 e. The Bertz CT molecular complexity index is 4780. The van der Waals surface area contributed by atoms with Crippen molar-refractivity contribution in [3.8, 4) is 0 Å². The number of hydrogen-bond acceptors (Lipinski definition) is 4.